The molecule has 8 heavy (non-hydrogen) atoms. The Morgan fingerprint density at radius 2 is 2.12 bits per heavy atom. The van der Waals surface area contributed by atoms with Crippen molar-refractivity contribution in [3.8, 4) is 0 Å². The first kappa shape index (κ1) is 7.62. The summed E-state index contributed by atoms with van der Waals surface area (Å²) in [5.74, 6) is -0.00444. The largest absolute Gasteiger partial charge is 0.285 e. The third kappa shape index (κ3) is 2.74. The van der Waals surface area contributed by atoms with Crippen LogP contribution in [0.3, 0.4) is 0 Å². The molecule has 0 radical (unpaired) electrons. The summed E-state index contributed by atoms with van der Waals surface area (Å²) in [4.78, 5) is 3.24. The van der Waals surface area contributed by atoms with E-state index in [1.54, 1.807) is 6.92 Å². The maximum absolute atomic E-state index is 10.5. The molecule has 0 saturated carbocycles. The van der Waals surface area contributed by atoms with E-state index in [0.29, 0.717) is 0 Å². The number of hydrogen-bond donors (Lipinski definition) is 0. The fourth-order valence-corrected chi connectivity index (χ4v) is 0.691. The predicted octanol–water partition coefficient (Wildman–Crippen LogP) is 0.0792. The van der Waals surface area contributed by atoms with Crippen LogP contribution in [-0.2, 0) is 9.84 Å². The molecular formula is C4H9NO2S. The van der Waals surface area contributed by atoms with Gasteiger partial charge >= 0.3 is 0 Å². The smallest absolute Gasteiger partial charge is 0.170 e. The van der Waals surface area contributed by atoms with E-state index in [2.05, 4.69) is 11.7 Å². The maximum atomic E-state index is 10.5. The van der Waals surface area contributed by atoms with Crippen molar-refractivity contribution in [2.24, 2.45) is 4.99 Å². The Kier molecular flexibility index (Phi) is 2.68. The summed E-state index contributed by atoms with van der Waals surface area (Å²) in [6.07, 6.45) is 0. The van der Waals surface area contributed by atoms with E-state index >= 15 is 0 Å². The summed E-state index contributed by atoms with van der Waals surface area (Å²) in [6, 6.07) is 0. The van der Waals surface area contributed by atoms with Gasteiger partial charge in [0.15, 0.2) is 9.84 Å². The second-order valence-electron chi connectivity index (χ2n) is 1.38. The Morgan fingerprint density at radius 1 is 1.62 bits per heavy atom. The summed E-state index contributed by atoms with van der Waals surface area (Å²) in [6.45, 7) is 4.65. The minimum atomic E-state index is -2.90. The van der Waals surface area contributed by atoms with E-state index in [4.69, 9.17) is 0 Å². The van der Waals surface area contributed by atoms with Gasteiger partial charge in [0.2, 0.25) is 0 Å². The van der Waals surface area contributed by atoms with Gasteiger partial charge in [0, 0.05) is 5.75 Å². The molecule has 0 aliphatic carbocycles. The van der Waals surface area contributed by atoms with Gasteiger partial charge in [-0.1, -0.05) is 6.92 Å². The van der Waals surface area contributed by atoms with Crippen LogP contribution in [0.25, 0.3) is 0 Å². The van der Waals surface area contributed by atoms with Crippen LogP contribution in [0, 0.1) is 0 Å². The van der Waals surface area contributed by atoms with Crippen LogP contribution in [0.15, 0.2) is 4.99 Å². The summed E-state index contributed by atoms with van der Waals surface area (Å²) in [5, 5.41) is 0. The average Bonchev–Trinajstić information content (AvgIpc) is 1.67. The van der Waals surface area contributed by atoms with Gasteiger partial charge in [0.05, 0.1) is 0 Å². The normalized spacial score (nSPS) is 11.1. The molecule has 0 atom stereocenters. The molecule has 0 heterocycles. The van der Waals surface area contributed by atoms with Crippen LogP contribution in [0.2, 0.25) is 0 Å². The van der Waals surface area contributed by atoms with Crippen LogP contribution in [-0.4, -0.2) is 26.8 Å². The van der Waals surface area contributed by atoms with E-state index < -0.39 is 9.84 Å². The SMILES string of the molecule is C=NCS(=O)(=O)CC. The van der Waals surface area contributed by atoms with Gasteiger partial charge in [-0.15, -0.1) is 0 Å². The van der Waals surface area contributed by atoms with E-state index in [0.717, 1.165) is 0 Å². The molecule has 0 bridgehead atoms. The van der Waals surface area contributed by atoms with Crippen LogP contribution in [0.4, 0.5) is 0 Å². The molecule has 0 spiro atoms. The van der Waals surface area contributed by atoms with Crippen LogP contribution in [0.5, 0.6) is 0 Å². The number of aliphatic imine (C=N–C) groups is 1. The Balaban J connectivity index is 3.94. The monoisotopic (exact) mass is 135 g/mol. The lowest BCUT2D eigenvalue weighted by molar-refractivity contribution is 0.598. The number of sulfone groups is 1. The third-order valence-corrected chi connectivity index (χ3v) is 2.18. The molecule has 0 aliphatic heterocycles. The van der Waals surface area contributed by atoms with E-state index in [1.807, 2.05) is 0 Å². The minimum Gasteiger partial charge on any atom is -0.285 e. The molecule has 0 N–H and O–H groups in total. The topological polar surface area (TPSA) is 46.5 Å². The molecular weight excluding hydrogens is 126 g/mol. The average molecular weight is 135 g/mol. The summed E-state index contributed by atoms with van der Waals surface area (Å²) in [5.41, 5.74) is 0. The molecule has 4 heteroatoms. The van der Waals surface area contributed by atoms with Crippen molar-refractivity contribution in [2.45, 2.75) is 6.92 Å². The van der Waals surface area contributed by atoms with Crippen molar-refractivity contribution < 1.29 is 8.42 Å². The van der Waals surface area contributed by atoms with Crippen molar-refractivity contribution in [1.82, 2.24) is 0 Å². The maximum Gasteiger partial charge on any atom is 0.170 e. The summed E-state index contributed by atoms with van der Waals surface area (Å²) >= 11 is 0. The van der Waals surface area contributed by atoms with Crippen molar-refractivity contribution in [3.63, 3.8) is 0 Å². The molecule has 3 nitrogen and oxygen atoms in total. The minimum absolute atomic E-state index is 0.145. The van der Waals surface area contributed by atoms with Crippen LogP contribution < -0.4 is 0 Å². The van der Waals surface area contributed by atoms with Crippen molar-refractivity contribution in [3.05, 3.63) is 0 Å². The molecule has 0 aromatic carbocycles. The van der Waals surface area contributed by atoms with E-state index in [-0.39, 0.29) is 11.6 Å². The molecule has 0 aromatic rings. The van der Waals surface area contributed by atoms with Gasteiger partial charge in [-0.05, 0) is 6.72 Å². The van der Waals surface area contributed by atoms with Gasteiger partial charge in [0.25, 0.3) is 0 Å². The molecule has 0 unspecified atom stereocenters. The van der Waals surface area contributed by atoms with E-state index in [1.165, 1.54) is 0 Å². The van der Waals surface area contributed by atoms with Crippen molar-refractivity contribution >= 4 is 16.6 Å². The molecule has 0 saturated heterocycles. The Morgan fingerprint density at radius 3 is 2.25 bits per heavy atom. The molecule has 0 amide bonds. The van der Waals surface area contributed by atoms with Gasteiger partial charge < -0.3 is 0 Å². The van der Waals surface area contributed by atoms with E-state index in [9.17, 15) is 8.42 Å². The Labute approximate surface area is 49.4 Å². The summed E-state index contributed by atoms with van der Waals surface area (Å²) in [7, 11) is -2.90. The van der Waals surface area contributed by atoms with Gasteiger partial charge in [-0.25, -0.2) is 8.42 Å². The predicted molar refractivity (Wildman–Crippen MR) is 33.9 cm³/mol. The van der Waals surface area contributed by atoms with Gasteiger partial charge in [-0.2, -0.15) is 0 Å². The first-order chi connectivity index (χ1) is 3.62. The Bertz CT molecular complexity index is 159. The zero-order chi connectivity index (χ0) is 6.62. The standard InChI is InChI=1S/C4H9NO2S/c1-3-8(6,7)4-5-2/h2-4H2,1H3. The summed E-state index contributed by atoms with van der Waals surface area (Å²) < 4.78 is 20.9. The lowest BCUT2D eigenvalue weighted by atomic mass is 11.0. The number of hydrogen-bond acceptors (Lipinski definition) is 3. The highest BCUT2D eigenvalue weighted by molar-refractivity contribution is 7.91. The van der Waals surface area contributed by atoms with Crippen LogP contribution >= 0.6 is 0 Å². The first-order valence-corrected chi connectivity index (χ1v) is 4.07. The van der Waals surface area contributed by atoms with Gasteiger partial charge in [-0.3, -0.25) is 4.99 Å². The molecule has 48 valence electrons. The zero-order valence-electron chi connectivity index (χ0n) is 4.79. The highest BCUT2D eigenvalue weighted by atomic mass is 32.2. The fraction of sp³-hybridized carbons (Fsp3) is 0.750. The van der Waals surface area contributed by atoms with Crippen molar-refractivity contribution in [2.75, 3.05) is 11.6 Å². The highest BCUT2D eigenvalue weighted by Gasteiger charge is 2.02. The quantitative estimate of drug-likeness (QED) is 0.514. The highest BCUT2D eigenvalue weighted by Crippen LogP contribution is 1.86. The zero-order valence-corrected chi connectivity index (χ0v) is 5.61. The first-order valence-electron chi connectivity index (χ1n) is 2.25. The second kappa shape index (κ2) is 2.81. The second-order valence-corrected chi connectivity index (χ2v) is 3.71. The van der Waals surface area contributed by atoms with Crippen LogP contribution in [0.1, 0.15) is 6.92 Å². The lowest BCUT2D eigenvalue weighted by Gasteiger charge is -1.90. The third-order valence-electron chi connectivity index (χ3n) is 0.728. The van der Waals surface area contributed by atoms with Crippen molar-refractivity contribution in [1.29, 1.82) is 0 Å². The fourth-order valence-electron chi connectivity index (χ4n) is 0.230. The number of nitrogens with zero attached hydrogens (tertiary/aromatic N) is 1. The molecule has 0 rings (SSSR count). The molecule has 0 fully saturated rings. The lowest BCUT2D eigenvalue weighted by Crippen LogP contribution is -2.05. The Hall–Kier alpha value is -0.380. The number of rotatable bonds is 3. The molecule has 0 aliphatic rings. The molecule has 0 aromatic heterocycles. The van der Waals surface area contributed by atoms with Gasteiger partial charge in [0.1, 0.15) is 5.88 Å².